The number of anilines is 1. The Balaban J connectivity index is 2.36. The van der Waals surface area contributed by atoms with E-state index < -0.39 is 0 Å². The number of methoxy groups -OCH3 is 1. The first-order valence-corrected chi connectivity index (χ1v) is 6.37. The normalized spacial score (nSPS) is 10.2. The van der Waals surface area contributed by atoms with Crippen LogP contribution in [0.1, 0.15) is 32.6 Å². The Kier molecular flexibility index (Phi) is 6.15. The summed E-state index contributed by atoms with van der Waals surface area (Å²) in [5.74, 6) is 1.18. The third-order valence-electron chi connectivity index (χ3n) is 2.22. The number of nitrogens with one attached hydrogen (secondary N) is 1. The summed E-state index contributed by atoms with van der Waals surface area (Å²) in [6.45, 7) is 3.11. The van der Waals surface area contributed by atoms with Gasteiger partial charge in [0.25, 0.3) is 0 Å². The fraction of sp³-hybridized carbons (Fsp3) is 0.636. The van der Waals surface area contributed by atoms with Gasteiger partial charge in [-0.05, 0) is 22.4 Å². The van der Waals surface area contributed by atoms with Gasteiger partial charge in [-0.25, -0.2) is 4.98 Å². The summed E-state index contributed by atoms with van der Waals surface area (Å²) in [5, 5.41) is 3.18. The number of rotatable bonds is 7. The maximum absolute atomic E-state index is 5.09. The van der Waals surface area contributed by atoms with Gasteiger partial charge in [0.05, 0.1) is 17.8 Å². The number of ether oxygens (including phenoxy) is 1. The summed E-state index contributed by atoms with van der Waals surface area (Å²) in [7, 11) is 1.60. The van der Waals surface area contributed by atoms with Gasteiger partial charge >= 0.3 is 0 Å². The molecule has 0 aliphatic carbocycles. The van der Waals surface area contributed by atoms with Gasteiger partial charge in [0.15, 0.2) is 0 Å². The monoisotopic (exact) mass is 287 g/mol. The van der Waals surface area contributed by atoms with Crippen molar-refractivity contribution < 1.29 is 4.74 Å². The van der Waals surface area contributed by atoms with Crippen LogP contribution in [-0.4, -0.2) is 23.6 Å². The predicted molar refractivity (Wildman–Crippen MR) is 68.9 cm³/mol. The van der Waals surface area contributed by atoms with E-state index in [0.29, 0.717) is 11.8 Å². The van der Waals surface area contributed by atoms with E-state index in [1.54, 1.807) is 13.3 Å². The number of unbranched alkanes of at least 4 members (excludes halogenated alkanes) is 3. The van der Waals surface area contributed by atoms with Gasteiger partial charge in [0.2, 0.25) is 11.8 Å². The Labute approximate surface area is 105 Å². The molecule has 16 heavy (non-hydrogen) atoms. The second-order valence-corrected chi connectivity index (χ2v) is 4.39. The molecule has 0 spiro atoms. The van der Waals surface area contributed by atoms with Gasteiger partial charge in [-0.15, -0.1) is 0 Å². The van der Waals surface area contributed by atoms with Gasteiger partial charge in [0.1, 0.15) is 0 Å². The predicted octanol–water partition coefficient (Wildman–Crippen LogP) is 3.24. The molecule has 1 aromatic heterocycles. The number of aromatic nitrogens is 2. The minimum atomic E-state index is 0.561. The average molecular weight is 288 g/mol. The average Bonchev–Trinajstić information content (AvgIpc) is 2.31. The van der Waals surface area contributed by atoms with E-state index in [0.717, 1.165) is 17.4 Å². The number of halogens is 1. The van der Waals surface area contributed by atoms with Crippen molar-refractivity contribution in [3.05, 3.63) is 10.7 Å². The van der Waals surface area contributed by atoms with Crippen LogP contribution in [-0.2, 0) is 0 Å². The van der Waals surface area contributed by atoms with Crippen LogP contribution in [0.5, 0.6) is 5.88 Å². The lowest BCUT2D eigenvalue weighted by Crippen LogP contribution is -2.06. The molecule has 0 amide bonds. The minimum absolute atomic E-state index is 0.561. The van der Waals surface area contributed by atoms with Crippen molar-refractivity contribution in [1.29, 1.82) is 0 Å². The molecule has 0 saturated carbocycles. The third kappa shape index (κ3) is 4.35. The van der Waals surface area contributed by atoms with E-state index in [-0.39, 0.29) is 0 Å². The zero-order valence-electron chi connectivity index (χ0n) is 9.79. The molecule has 0 saturated heterocycles. The quantitative estimate of drug-likeness (QED) is 0.782. The molecule has 0 aliphatic heterocycles. The van der Waals surface area contributed by atoms with E-state index in [9.17, 15) is 0 Å². The van der Waals surface area contributed by atoms with E-state index >= 15 is 0 Å². The topological polar surface area (TPSA) is 47.0 Å². The lowest BCUT2D eigenvalue weighted by atomic mass is 10.2. The summed E-state index contributed by atoms with van der Waals surface area (Å²) in [5.41, 5.74) is 0. The number of nitrogens with zero attached hydrogens (tertiary/aromatic N) is 2. The molecule has 0 atom stereocenters. The fourth-order valence-corrected chi connectivity index (χ4v) is 1.68. The highest BCUT2D eigenvalue weighted by Crippen LogP contribution is 2.21. The molecule has 0 aliphatic rings. The second-order valence-electron chi connectivity index (χ2n) is 3.54. The van der Waals surface area contributed by atoms with Crippen LogP contribution in [0.25, 0.3) is 0 Å². The van der Waals surface area contributed by atoms with Gasteiger partial charge in [-0.1, -0.05) is 26.2 Å². The number of hydrogen-bond donors (Lipinski definition) is 1. The summed E-state index contributed by atoms with van der Waals surface area (Å²) in [4.78, 5) is 8.37. The molecule has 1 heterocycles. The molecular formula is C11H18BrN3O. The maximum Gasteiger partial charge on any atom is 0.232 e. The van der Waals surface area contributed by atoms with Gasteiger partial charge < -0.3 is 10.1 Å². The maximum atomic E-state index is 5.09. The molecule has 90 valence electrons. The summed E-state index contributed by atoms with van der Waals surface area (Å²) >= 11 is 3.32. The van der Waals surface area contributed by atoms with Crippen molar-refractivity contribution in [1.82, 2.24) is 9.97 Å². The molecule has 5 heteroatoms. The summed E-state index contributed by atoms with van der Waals surface area (Å²) in [6, 6.07) is 0. The Morgan fingerprint density at radius 2 is 2.19 bits per heavy atom. The lowest BCUT2D eigenvalue weighted by Gasteiger charge is -2.06. The first kappa shape index (κ1) is 13.2. The van der Waals surface area contributed by atoms with Crippen LogP contribution in [0, 0.1) is 0 Å². The second kappa shape index (κ2) is 7.44. The van der Waals surface area contributed by atoms with Crippen LogP contribution in [0.3, 0.4) is 0 Å². The van der Waals surface area contributed by atoms with Crippen LogP contribution in [0.4, 0.5) is 5.95 Å². The molecule has 0 bridgehead atoms. The Morgan fingerprint density at radius 3 is 2.88 bits per heavy atom. The van der Waals surface area contributed by atoms with Gasteiger partial charge in [0, 0.05) is 6.54 Å². The highest BCUT2D eigenvalue weighted by Gasteiger charge is 2.03. The SMILES string of the molecule is CCCCCCNc1ncc(Br)c(OC)n1. The van der Waals surface area contributed by atoms with Crippen molar-refractivity contribution >= 4 is 21.9 Å². The molecule has 1 aromatic rings. The molecular weight excluding hydrogens is 270 g/mol. The smallest absolute Gasteiger partial charge is 0.232 e. The summed E-state index contributed by atoms with van der Waals surface area (Å²) < 4.78 is 5.86. The minimum Gasteiger partial charge on any atom is -0.480 e. The highest BCUT2D eigenvalue weighted by atomic mass is 79.9. The Morgan fingerprint density at radius 1 is 1.38 bits per heavy atom. The van der Waals surface area contributed by atoms with E-state index in [2.05, 4.69) is 38.1 Å². The third-order valence-corrected chi connectivity index (χ3v) is 2.76. The van der Waals surface area contributed by atoms with Crippen molar-refractivity contribution in [2.24, 2.45) is 0 Å². The van der Waals surface area contributed by atoms with Crippen molar-refractivity contribution in [3.8, 4) is 5.88 Å². The van der Waals surface area contributed by atoms with Crippen LogP contribution in [0.2, 0.25) is 0 Å². The van der Waals surface area contributed by atoms with Crippen molar-refractivity contribution in [2.45, 2.75) is 32.6 Å². The molecule has 4 nitrogen and oxygen atoms in total. The van der Waals surface area contributed by atoms with E-state index in [1.807, 2.05) is 0 Å². The zero-order valence-corrected chi connectivity index (χ0v) is 11.4. The standard InChI is InChI=1S/C11H18BrN3O/c1-3-4-5-6-7-13-11-14-8-9(12)10(15-11)16-2/h8H,3-7H2,1-2H3,(H,13,14,15). The summed E-state index contributed by atoms with van der Waals surface area (Å²) in [6.07, 6.45) is 6.63. The van der Waals surface area contributed by atoms with E-state index in [4.69, 9.17) is 4.74 Å². The molecule has 1 rings (SSSR count). The fourth-order valence-electron chi connectivity index (χ4n) is 1.33. The first-order valence-electron chi connectivity index (χ1n) is 5.58. The van der Waals surface area contributed by atoms with Gasteiger partial charge in [-0.2, -0.15) is 4.98 Å². The molecule has 0 radical (unpaired) electrons. The van der Waals surface area contributed by atoms with E-state index in [1.165, 1.54) is 19.3 Å². The largest absolute Gasteiger partial charge is 0.480 e. The van der Waals surface area contributed by atoms with Crippen molar-refractivity contribution in [3.63, 3.8) is 0 Å². The van der Waals surface area contributed by atoms with Gasteiger partial charge in [-0.3, -0.25) is 0 Å². The lowest BCUT2D eigenvalue weighted by molar-refractivity contribution is 0.394. The first-order chi connectivity index (χ1) is 7.77. The molecule has 0 aromatic carbocycles. The Hall–Kier alpha value is -0.840. The van der Waals surface area contributed by atoms with Crippen molar-refractivity contribution in [2.75, 3.05) is 19.0 Å². The van der Waals surface area contributed by atoms with Crippen LogP contribution >= 0.6 is 15.9 Å². The molecule has 1 N–H and O–H groups in total. The molecule has 0 fully saturated rings. The van der Waals surface area contributed by atoms with Crippen LogP contribution < -0.4 is 10.1 Å². The zero-order chi connectivity index (χ0) is 11.8. The molecule has 0 unspecified atom stereocenters. The Bertz CT molecular complexity index is 320. The van der Waals surface area contributed by atoms with Crippen LogP contribution in [0.15, 0.2) is 10.7 Å². The number of hydrogen-bond acceptors (Lipinski definition) is 4. The highest BCUT2D eigenvalue weighted by molar-refractivity contribution is 9.10.